The maximum Gasteiger partial charge on any atom is 0.294 e. The minimum Gasteiger partial charge on any atom is -0.282 e. The van der Waals surface area contributed by atoms with Crippen molar-refractivity contribution in [2.75, 3.05) is 0 Å². The van der Waals surface area contributed by atoms with Gasteiger partial charge in [0.15, 0.2) is 0 Å². The Kier molecular flexibility index (Phi) is 5.98. The minimum absolute atomic E-state index is 0.121. The third-order valence-electron chi connectivity index (χ3n) is 3.40. The van der Waals surface area contributed by atoms with Crippen molar-refractivity contribution in [3.05, 3.63) is 22.8 Å². The highest BCUT2D eigenvalue weighted by atomic mass is 32.2. The van der Waals surface area contributed by atoms with Gasteiger partial charge in [0.25, 0.3) is 10.1 Å². The second-order valence-corrected chi connectivity index (χ2v) is 8.53. The highest BCUT2D eigenvalue weighted by Crippen LogP contribution is 2.22. The quantitative estimate of drug-likeness (QED) is 0.649. The van der Waals surface area contributed by atoms with Crippen molar-refractivity contribution >= 4 is 24.8 Å². The van der Waals surface area contributed by atoms with Gasteiger partial charge in [0, 0.05) is 0 Å². The number of hydrogen-bond donors (Lipinski definition) is 1. The molecule has 1 aromatic rings. The molecule has 0 aliphatic rings. The van der Waals surface area contributed by atoms with Crippen molar-refractivity contribution < 1.29 is 13.0 Å². The van der Waals surface area contributed by atoms with Crippen LogP contribution >= 0.6 is 0 Å². The number of hydrogen-bond acceptors (Lipinski definition) is 2. The molecular weight excluding hydrogens is 288 g/mol. The molecule has 1 aromatic carbocycles. The molecule has 1 N–H and O–H groups in total. The average molecular weight is 313 g/mol. The van der Waals surface area contributed by atoms with Crippen LogP contribution in [0.5, 0.6) is 0 Å². The summed E-state index contributed by atoms with van der Waals surface area (Å²) in [6, 6.07) is 1.68. The lowest BCUT2D eigenvalue weighted by molar-refractivity contribution is 0.483. The van der Waals surface area contributed by atoms with Crippen LogP contribution < -0.4 is 5.19 Å². The van der Waals surface area contributed by atoms with Gasteiger partial charge in [-0.2, -0.15) is 8.42 Å². The largest absolute Gasteiger partial charge is 0.294 e. The molecule has 0 bridgehead atoms. The molecule has 0 heterocycles. The van der Waals surface area contributed by atoms with Crippen LogP contribution in [0.2, 0.25) is 5.54 Å². The second-order valence-electron chi connectivity index (χ2n) is 5.20. The zero-order chi connectivity index (χ0) is 15.5. The van der Waals surface area contributed by atoms with Crippen LogP contribution in [0.3, 0.4) is 0 Å². The molecule has 0 atom stereocenters. The Morgan fingerprint density at radius 3 is 2.00 bits per heavy atom. The lowest BCUT2D eigenvalue weighted by atomic mass is 9.95. The Morgan fingerprint density at radius 2 is 1.65 bits per heavy atom. The first-order chi connectivity index (χ1) is 9.26. The third kappa shape index (κ3) is 3.71. The first-order valence-corrected chi connectivity index (χ1v) is 9.69. The summed E-state index contributed by atoms with van der Waals surface area (Å²) in [5.74, 6) is 0. The van der Waals surface area contributed by atoms with Crippen molar-refractivity contribution in [3.8, 4) is 0 Å². The molecule has 0 fully saturated rings. The number of rotatable bonds is 6. The van der Waals surface area contributed by atoms with E-state index in [9.17, 15) is 13.0 Å². The van der Waals surface area contributed by atoms with Gasteiger partial charge >= 0.3 is 0 Å². The van der Waals surface area contributed by atoms with Crippen LogP contribution in [0.25, 0.3) is 0 Å². The first-order valence-electron chi connectivity index (χ1n) is 7.17. The van der Waals surface area contributed by atoms with Gasteiger partial charge in [-0.15, -0.1) is 0 Å². The standard InChI is InChI=1S/C15H24O3SSi/c1-6-11-9-14(19(16,17)18)15(20-10(4)5)13(8-3)12(11)7-2/h9-10H,6-8H2,1-5H3,(H,16,17,18). The van der Waals surface area contributed by atoms with Crippen LogP contribution in [0.15, 0.2) is 11.0 Å². The van der Waals surface area contributed by atoms with E-state index in [-0.39, 0.29) is 4.90 Å². The molecule has 20 heavy (non-hydrogen) atoms. The van der Waals surface area contributed by atoms with Gasteiger partial charge in [-0.05, 0) is 47.2 Å². The van der Waals surface area contributed by atoms with Gasteiger partial charge in [0.05, 0.1) is 14.4 Å². The molecule has 0 aliphatic heterocycles. The monoisotopic (exact) mass is 312 g/mol. The highest BCUT2D eigenvalue weighted by molar-refractivity contribution is 7.86. The second kappa shape index (κ2) is 6.87. The first kappa shape index (κ1) is 17.4. The van der Waals surface area contributed by atoms with Crippen molar-refractivity contribution in [1.82, 2.24) is 0 Å². The molecule has 0 spiro atoms. The summed E-state index contributed by atoms with van der Waals surface area (Å²) in [7, 11) is -3.77. The summed E-state index contributed by atoms with van der Waals surface area (Å²) in [6.07, 6.45) is 2.48. The highest BCUT2D eigenvalue weighted by Gasteiger charge is 2.23. The number of benzene rings is 1. The predicted octanol–water partition coefficient (Wildman–Crippen LogP) is 2.78. The molecule has 0 saturated carbocycles. The van der Waals surface area contributed by atoms with E-state index in [1.807, 2.05) is 6.92 Å². The van der Waals surface area contributed by atoms with Gasteiger partial charge in [0.1, 0.15) is 0 Å². The van der Waals surface area contributed by atoms with E-state index in [0.29, 0.717) is 15.1 Å². The fourth-order valence-electron chi connectivity index (χ4n) is 2.61. The molecule has 2 radical (unpaired) electrons. The van der Waals surface area contributed by atoms with Crippen molar-refractivity contribution in [2.45, 2.75) is 64.3 Å². The normalized spacial score (nSPS) is 12.2. The van der Waals surface area contributed by atoms with Crippen LogP contribution in [-0.4, -0.2) is 22.5 Å². The summed E-state index contributed by atoms with van der Waals surface area (Å²) in [4.78, 5) is 0.121. The molecule has 0 saturated heterocycles. The Bertz CT molecular complexity index is 577. The molecule has 0 amide bonds. The van der Waals surface area contributed by atoms with Gasteiger partial charge in [-0.25, -0.2) is 0 Å². The van der Waals surface area contributed by atoms with Crippen molar-refractivity contribution in [1.29, 1.82) is 0 Å². The van der Waals surface area contributed by atoms with E-state index >= 15 is 0 Å². The molecule has 112 valence electrons. The Hall–Kier alpha value is -0.653. The van der Waals surface area contributed by atoms with E-state index in [1.165, 1.54) is 5.56 Å². The summed E-state index contributed by atoms with van der Waals surface area (Å²) < 4.78 is 33.0. The fraction of sp³-hybridized carbons (Fsp3) is 0.600. The Balaban J connectivity index is 3.74. The van der Waals surface area contributed by atoms with Crippen LogP contribution in [0.4, 0.5) is 0 Å². The van der Waals surface area contributed by atoms with Crippen LogP contribution in [0, 0.1) is 0 Å². The molecule has 0 aromatic heterocycles. The van der Waals surface area contributed by atoms with E-state index in [0.717, 1.165) is 35.6 Å². The molecule has 0 unspecified atom stereocenters. The summed E-state index contributed by atoms with van der Waals surface area (Å²) in [5, 5.41) is 0.832. The lowest BCUT2D eigenvalue weighted by Gasteiger charge is -2.20. The van der Waals surface area contributed by atoms with Crippen LogP contribution in [-0.2, 0) is 29.4 Å². The SMILES string of the molecule is CCc1cc(S(=O)(=O)O)c([Si]C(C)C)c(CC)c1CC. The van der Waals surface area contributed by atoms with Gasteiger partial charge in [0.2, 0.25) is 0 Å². The predicted molar refractivity (Wildman–Crippen MR) is 84.9 cm³/mol. The molecule has 3 nitrogen and oxygen atoms in total. The Labute approximate surface area is 125 Å². The summed E-state index contributed by atoms with van der Waals surface area (Å²) in [5.41, 5.74) is 3.78. The van der Waals surface area contributed by atoms with Crippen LogP contribution in [0.1, 0.15) is 51.3 Å². The summed E-state index contributed by atoms with van der Waals surface area (Å²) in [6.45, 7) is 10.3. The molecule has 5 heteroatoms. The molecule has 1 rings (SSSR count). The fourth-order valence-corrected chi connectivity index (χ4v) is 5.14. The van der Waals surface area contributed by atoms with Gasteiger partial charge in [-0.1, -0.05) is 40.2 Å². The third-order valence-corrected chi connectivity index (χ3v) is 5.90. The smallest absolute Gasteiger partial charge is 0.282 e. The van der Waals surface area contributed by atoms with E-state index in [4.69, 9.17) is 0 Å². The van der Waals surface area contributed by atoms with E-state index in [1.54, 1.807) is 6.07 Å². The molecule has 0 aliphatic carbocycles. The van der Waals surface area contributed by atoms with Crippen molar-refractivity contribution in [2.24, 2.45) is 0 Å². The number of aryl methyl sites for hydroxylation is 1. The maximum atomic E-state index is 11.7. The average Bonchev–Trinajstić information content (AvgIpc) is 2.35. The molecular formula is C15H24O3SSi. The van der Waals surface area contributed by atoms with Gasteiger partial charge in [-0.3, -0.25) is 4.55 Å². The zero-order valence-electron chi connectivity index (χ0n) is 12.9. The zero-order valence-corrected chi connectivity index (χ0v) is 14.8. The topological polar surface area (TPSA) is 54.4 Å². The Morgan fingerprint density at radius 1 is 1.10 bits per heavy atom. The minimum atomic E-state index is -4.16. The maximum absolute atomic E-state index is 11.7. The summed E-state index contributed by atoms with van der Waals surface area (Å²) >= 11 is 0. The lowest BCUT2D eigenvalue weighted by Crippen LogP contribution is -2.30. The van der Waals surface area contributed by atoms with E-state index < -0.39 is 10.1 Å². The van der Waals surface area contributed by atoms with Gasteiger partial charge < -0.3 is 0 Å². The van der Waals surface area contributed by atoms with E-state index in [2.05, 4.69) is 27.7 Å². The van der Waals surface area contributed by atoms with Crippen molar-refractivity contribution in [3.63, 3.8) is 0 Å².